The van der Waals surface area contributed by atoms with Gasteiger partial charge in [-0.15, -0.1) is 12.4 Å². The van der Waals surface area contributed by atoms with Crippen LogP contribution in [0, 0.1) is 11.6 Å². The smallest absolute Gasteiger partial charge is 0.126 e. The van der Waals surface area contributed by atoms with Crippen molar-refractivity contribution in [1.29, 1.82) is 0 Å². The highest BCUT2D eigenvalue weighted by Crippen LogP contribution is 2.27. The summed E-state index contributed by atoms with van der Waals surface area (Å²) in [7, 11) is 0. The van der Waals surface area contributed by atoms with Crippen LogP contribution in [0.3, 0.4) is 0 Å². The summed E-state index contributed by atoms with van der Waals surface area (Å²) in [5.41, 5.74) is 0.660. The van der Waals surface area contributed by atoms with Crippen LogP contribution in [0.15, 0.2) is 18.2 Å². The molecule has 0 amide bonds. The van der Waals surface area contributed by atoms with E-state index in [4.69, 9.17) is 5.11 Å². The van der Waals surface area contributed by atoms with E-state index in [-0.39, 0.29) is 25.1 Å². The lowest BCUT2D eigenvalue weighted by molar-refractivity contribution is 0.154. The molecule has 3 nitrogen and oxygen atoms in total. The molecule has 1 aliphatic heterocycles. The number of nitrogens with zero attached hydrogens (tertiary/aromatic N) is 1. The number of rotatable bonds is 5. The van der Waals surface area contributed by atoms with Crippen LogP contribution in [0.4, 0.5) is 8.78 Å². The van der Waals surface area contributed by atoms with E-state index in [2.05, 4.69) is 10.2 Å². The quantitative estimate of drug-likeness (QED) is 0.874. The van der Waals surface area contributed by atoms with Gasteiger partial charge in [0, 0.05) is 44.9 Å². The Morgan fingerprint density at radius 2 is 1.75 bits per heavy atom. The predicted octanol–water partition coefficient (Wildman–Crippen LogP) is 2.11. The molecule has 0 unspecified atom stereocenters. The molecule has 0 saturated carbocycles. The monoisotopic (exact) mass is 306 g/mol. The molecular weight excluding hydrogens is 286 g/mol. The molecule has 1 atom stereocenters. The van der Waals surface area contributed by atoms with Gasteiger partial charge in [0.15, 0.2) is 0 Å². The third kappa shape index (κ3) is 4.66. The zero-order chi connectivity index (χ0) is 13.7. The lowest BCUT2D eigenvalue weighted by Crippen LogP contribution is -2.45. The number of hydrogen-bond acceptors (Lipinski definition) is 3. The minimum absolute atomic E-state index is 0. The van der Waals surface area contributed by atoms with Crippen LogP contribution < -0.4 is 5.32 Å². The molecule has 0 aliphatic carbocycles. The predicted molar refractivity (Wildman–Crippen MR) is 77.1 cm³/mol. The largest absolute Gasteiger partial charge is 0.396 e. The third-order valence-electron chi connectivity index (χ3n) is 3.50. The lowest BCUT2D eigenvalue weighted by Gasteiger charge is -2.35. The van der Waals surface area contributed by atoms with Crippen molar-refractivity contribution < 1.29 is 13.9 Å². The number of aliphatic hydroxyl groups is 1. The summed E-state index contributed by atoms with van der Waals surface area (Å²) in [6.45, 7) is 3.57. The van der Waals surface area contributed by atoms with E-state index in [1.807, 2.05) is 0 Å². The second-order valence-electron chi connectivity index (χ2n) is 4.87. The van der Waals surface area contributed by atoms with E-state index in [1.165, 1.54) is 12.1 Å². The third-order valence-corrected chi connectivity index (χ3v) is 3.50. The van der Waals surface area contributed by atoms with E-state index in [9.17, 15) is 8.78 Å². The number of piperazine rings is 1. The zero-order valence-electron chi connectivity index (χ0n) is 11.3. The van der Waals surface area contributed by atoms with Crippen molar-refractivity contribution in [2.75, 3.05) is 32.8 Å². The molecule has 1 aromatic carbocycles. The Kier molecular flexibility index (Phi) is 7.37. The van der Waals surface area contributed by atoms with Crippen molar-refractivity contribution in [2.45, 2.75) is 18.9 Å². The summed E-state index contributed by atoms with van der Waals surface area (Å²) in [5.74, 6) is -1.08. The fraction of sp³-hybridized carbons (Fsp3) is 0.571. The summed E-state index contributed by atoms with van der Waals surface area (Å²) >= 11 is 0. The van der Waals surface area contributed by atoms with Gasteiger partial charge in [0.25, 0.3) is 0 Å². The topological polar surface area (TPSA) is 35.5 Å². The fourth-order valence-electron chi connectivity index (χ4n) is 2.61. The first-order valence-corrected chi connectivity index (χ1v) is 6.72. The average molecular weight is 307 g/mol. The first-order valence-electron chi connectivity index (χ1n) is 6.72. The minimum atomic E-state index is -0.542. The van der Waals surface area contributed by atoms with E-state index in [0.29, 0.717) is 18.4 Å². The Morgan fingerprint density at radius 3 is 2.30 bits per heavy atom. The lowest BCUT2D eigenvalue weighted by atomic mass is 9.99. The van der Waals surface area contributed by atoms with Crippen LogP contribution in [0.2, 0.25) is 0 Å². The molecule has 0 spiro atoms. The van der Waals surface area contributed by atoms with Gasteiger partial charge in [0.05, 0.1) is 0 Å². The van der Waals surface area contributed by atoms with Crippen LogP contribution in [0.1, 0.15) is 24.4 Å². The Morgan fingerprint density at radius 1 is 1.15 bits per heavy atom. The van der Waals surface area contributed by atoms with Gasteiger partial charge < -0.3 is 10.4 Å². The van der Waals surface area contributed by atoms with Crippen LogP contribution >= 0.6 is 12.4 Å². The van der Waals surface area contributed by atoms with Gasteiger partial charge in [-0.1, -0.05) is 0 Å². The van der Waals surface area contributed by atoms with Crippen molar-refractivity contribution in [3.8, 4) is 0 Å². The standard InChI is InChI=1S/C14H20F2N2O.ClH/c15-12-8-11(9-13(16)10-12)14(2-1-7-19)18-5-3-17-4-6-18;/h8-10,14,17,19H,1-7H2;1H/t14-;/m0./s1. The molecule has 2 rings (SSSR count). The number of halogens is 3. The summed E-state index contributed by atoms with van der Waals surface area (Å²) in [6, 6.07) is 3.66. The number of aliphatic hydroxyl groups excluding tert-OH is 1. The molecule has 114 valence electrons. The highest BCUT2D eigenvalue weighted by atomic mass is 35.5. The second-order valence-corrected chi connectivity index (χ2v) is 4.87. The van der Waals surface area contributed by atoms with E-state index < -0.39 is 11.6 Å². The normalized spacial score (nSPS) is 17.6. The SMILES string of the molecule is Cl.OCCC[C@@H](c1cc(F)cc(F)c1)N1CCNCC1. The molecule has 6 heteroatoms. The van der Waals surface area contributed by atoms with Crippen molar-refractivity contribution >= 4 is 12.4 Å². The first-order chi connectivity index (χ1) is 9.20. The maximum atomic E-state index is 13.4. The van der Waals surface area contributed by atoms with E-state index in [1.54, 1.807) is 0 Å². The Balaban J connectivity index is 0.00000200. The van der Waals surface area contributed by atoms with E-state index in [0.717, 1.165) is 32.2 Å². The van der Waals surface area contributed by atoms with Gasteiger partial charge in [-0.25, -0.2) is 8.78 Å². The number of benzene rings is 1. The molecular formula is C14H21ClF2N2O. The highest BCUT2D eigenvalue weighted by molar-refractivity contribution is 5.85. The molecule has 0 aromatic heterocycles. The molecule has 0 radical (unpaired) electrons. The second kappa shape index (κ2) is 8.52. The Hall–Kier alpha value is -0.750. The minimum Gasteiger partial charge on any atom is -0.396 e. The highest BCUT2D eigenvalue weighted by Gasteiger charge is 2.22. The maximum Gasteiger partial charge on any atom is 0.126 e. The van der Waals surface area contributed by atoms with Gasteiger partial charge in [0.1, 0.15) is 11.6 Å². The summed E-state index contributed by atoms with van der Waals surface area (Å²) < 4.78 is 26.7. The summed E-state index contributed by atoms with van der Waals surface area (Å²) in [5, 5.41) is 12.3. The number of nitrogens with one attached hydrogen (secondary N) is 1. The molecule has 1 saturated heterocycles. The van der Waals surface area contributed by atoms with Gasteiger partial charge in [-0.2, -0.15) is 0 Å². The van der Waals surface area contributed by atoms with Crippen LogP contribution in [-0.2, 0) is 0 Å². The first kappa shape index (κ1) is 17.3. The molecule has 1 heterocycles. The van der Waals surface area contributed by atoms with Crippen molar-refractivity contribution in [1.82, 2.24) is 10.2 Å². The fourth-order valence-corrected chi connectivity index (χ4v) is 2.61. The van der Waals surface area contributed by atoms with Crippen LogP contribution in [0.5, 0.6) is 0 Å². The van der Waals surface area contributed by atoms with E-state index >= 15 is 0 Å². The summed E-state index contributed by atoms with van der Waals surface area (Å²) in [4.78, 5) is 2.22. The van der Waals surface area contributed by atoms with Crippen LogP contribution in [0.25, 0.3) is 0 Å². The van der Waals surface area contributed by atoms with Crippen LogP contribution in [-0.4, -0.2) is 42.8 Å². The molecule has 1 fully saturated rings. The Labute approximate surface area is 124 Å². The average Bonchev–Trinajstić information content (AvgIpc) is 2.39. The van der Waals surface area contributed by atoms with Gasteiger partial charge in [-0.3, -0.25) is 4.90 Å². The maximum absolute atomic E-state index is 13.4. The van der Waals surface area contributed by atoms with Crippen molar-refractivity contribution in [3.05, 3.63) is 35.4 Å². The van der Waals surface area contributed by atoms with Gasteiger partial charge in [-0.05, 0) is 30.5 Å². The summed E-state index contributed by atoms with van der Waals surface area (Å²) in [6.07, 6.45) is 1.34. The molecule has 0 bridgehead atoms. The zero-order valence-corrected chi connectivity index (χ0v) is 12.1. The molecule has 1 aliphatic rings. The molecule has 20 heavy (non-hydrogen) atoms. The molecule has 2 N–H and O–H groups in total. The van der Waals surface area contributed by atoms with Gasteiger partial charge in [0.2, 0.25) is 0 Å². The Bertz CT molecular complexity index is 394. The van der Waals surface area contributed by atoms with Gasteiger partial charge >= 0.3 is 0 Å². The number of hydrogen-bond donors (Lipinski definition) is 2. The van der Waals surface area contributed by atoms with Crippen molar-refractivity contribution in [3.63, 3.8) is 0 Å². The van der Waals surface area contributed by atoms with Crippen molar-refractivity contribution in [2.24, 2.45) is 0 Å². The molecule has 1 aromatic rings.